The van der Waals surface area contributed by atoms with Crippen molar-refractivity contribution in [1.82, 2.24) is 0 Å². The van der Waals surface area contributed by atoms with E-state index in [9.17, 15) is 0 Å². The zero-order valence-electron chi connectivity index (χ0n) is 7.52. The Hall–Kier alpha value is -0.160. The molecular formula is C8H14O4. The Labute approximate surface area is 71.7 Å². The quantitative estimate of drug-likeness (QED) is 0.559. The molecule has 0 saturated carbocycles. The number of fused-ring (bicyclic) bond motifs is 1. The summed E-state index contributed by atoms with van der Waals surface area (Å²) in [7, 11) is 3.26. The van der Waals surface area contributed by atoms with Crippen LogP contribution < -0.4 is 0 Å². The average Bonchev–Trinajstić information content (AvgIpc) is 2.84. The van der Waals surface area contributed by atoms with Crippen molar-refractivity contribution in [2.75, 3.05) is 14.2 Å². The molecule has 70 valence electrons. The minimum atomic E-state index is -0.284. The van der Waals surface area contributed by atoms with Crippen LogP contribution in [0.15, 0.2) is 0 Å². The second-order valence-electron chi connectivity index (χ2n) is 3.21. The first-order chi connectivity index (χ1) is 5.77. The Morgan fingerprint density at radius 3 is 2.33 bits per heavy atom. The Kier molecular flexibility index (Phi) is 2.08. The van der Waals surface area contributed by atoms with E-state index in [2.05, 4.69) is 0 Å². The summed E-state index contributed by atoms with van der Waals surface area (Å²) in [5.41, 5.74) is 0. The highest BCUT2D eigenvalue weighted by molar-refractivity contribution is 5.00. The van der Waals surface area contributed by atoms with E-state index in [1.165, 1.54) is 0 Å². The van der Waals surface area contributed by atoms with Crippen LogP contribution in [-0.4, -0.2) is 44.9 Å². The maximum Gasteiger partial charge on any atom is 0.186 e. The van der Waals surface area contributed by atoms with E-state index in [1.807, 2.05) is 6.92 Å². The van der Waals surface area contributed by atoms with Gasteiger partial charge in [-0.3, -0.25) is 0 Å². The van der Waals surface area contributed by atoms with Gasteiger partial charge in [-0.05, 0) is 6.92 Å². The molecule has 0 spiro atoms. The van der Waals surface area contributed by atoms with Gasteiger partial charge in [0.05, 0.1) is 6.10 Å². The highest BCUT2D eigenvalue weighted by atomic mass is 16.7. The van der Waals surface area contributed by atoms with E-state index in [-0.39, 0.29) is 30.7 Å². The first-order valence-electron chi connectivity index (χ1n) is 4.14. The normalized spacial score (nSPS) is 51.8. The van der Waals surface area contributed by atoms with Crippen molar-refractivity contribution in [1.29, 1.82) is 0 Å². The molecule has 0 aromatic rings. The van der Waals surface area contributed by atoms with Crippen molar-refractivity contribution in [3.05, 3.63) is 0 Å². The average molecular weight is 174 g/mol. The fourth-order valence-electron chi connectivity index (χ4n) is 1.73. The van der Waals surface area contributed by atoms with Crippen LogP contribution in [0.4, 0.5) is 0 Å². The van der Waals surface area contributed by atoms with Gasteiger partial charge in [0.1, 0.15) is 18.3 Å². The standard InChI is InChI=1S/C8H14O4/c1-4-5-6(12-5)7(9-2)8(10-3)11-4/h4-8H,1-3H3/t4-,5+,6+,7+,8+/m0/s1. The molecule has 2 aliphatic rings. The molecule has 4 heteroatoms. The summed E-state index contributed by atoms with van der Waals surface area (Å²) in [4.78, 5) is 0. The predicted molar refractivity (Wildman–Crippen MR) is 40.8 cm³/mol. The molecule has 0 amide bonds. The first-order valence-corrected chi connectivity index (χ1v) is 4.14. The molecule has 2 aliphatic heterocycles. The van der Waals surface area contributed by atoms with Crippen molar-refractivity contribution in [3.8, 4) is 0 Å². The van der Waals surface area contributed by atoms with Crippen molar-refractivity contribution in [2.24, 2.45) is 0 Å². The lowest BCUT2D eigenvalue weighted by Crippen LogP contribution is -2.45. The van der Waals surface area contributed by atoms with Gasteiger partial charge in [0, 0.05) is 14.2 Å². The van der Waals surface area contributed by atoms with Crippen molar-refractivity contribution >= 4 is 0 Å². The van der Waals surface area contributed by atoms with Gasteiger partial charge in [0.25, 0.3) is 0 Å². The molecule has 0 unspecified atom stereocenters. The van der Waals surface area contributed by atoms with Gasteiger partial charge in [-0.25, -0.2) is 0 Å². The maximum atomic E-state index is 5.52. The highest BCUT2D eigenvalue weighted by Gasteiger charge is 2.56. The first kappa shape index (κ1) is 8.44. The number of hydrogen-bond acceptors (Lipinski definition) is 4. The smallest absolute Gasteiger partial charge is 0.186 e. The third kappa shape index (κ3) is 1.15. The lowest BCUT2D eigenvalue weighted by Gasteiger charge is -2.29. The van der Waals surface area contributed by atoms with Crippen LogP contribution >= 0.6 is 0 Å². The number of methoxy groups -OCH3 is 2. The fraction of sp³-hybridized carbons (Fsp3) is 1.00. The summed E-state index contributed by atoms with van der Waals surface area (Å²) >= 11 is 0. The molecule has 2 saturated heterocycles. The fourth-order valence-corrected chi connectivity index (χ4v) is 1.73. The van der Waals surface area contributed by atoms with Gasteiger partial charge in [0.15, 0.2) is 6.29 Å². The van der Waals surface area contributed by atoms with Crippen LogP contribution in [0.1, 0.15) is 6.92 Å². The van der Waals surface area contributed by atoms with Crippen molar-refractivity contribution in [3.63, 3.8) is 0 Å². The molecule has 0 aliphatic carbocycles. The van der Waals surface area contributed by atoms with E-state index in [0.29, 0.717) is 0 Å². The highest BCUT2D eigenvalue weighted by Crippen LogP contribution is 2.38. The van der Waals surface area contributed by atoms with E-state index in [1.54, 1.807) is 14.2 Å². The van der Waals surface area contributed by atoms with Gasteiger partial charge in [-0.1, -0.05) is 0 Å². The Bertz CT molecular complexity index is 172. The van der Waals surface area contributed by atoms with Crippen LogP contribution in [0.3, 0.4) is 0 Å². The van der Waals surface area contributed by atoms with E-state index in [4.69, 9.17) is 18.9 Å². The molecule has 2 fully saturated rings. The summed E-state index contributed by atoms with van der Waals surface area (Å²) in [5, 5.41) is 0. The number of hydrogen-bond donors (Lipinski definition) is 0. The van der Waals surface area contributed by atoms with E-state index >= 15 is 0 Å². The third-order valence-electron chi connectivity index (χ3n) is 2.47. The van der Waals surface area contributed by atoms with Crippen LogP contribution in [-0.2, 0) is 18.9 Å². The number of rotatable bonds is 2. The van der Waals surface area contributed by atoms with E-state index in [0.717, 1.165) is 0 Å². The van der Waals surface area contributed by atoms with Crippen molar-refractivity contribution in [2.45, 2.75) is 37.6 Å². The summed E-state index contributed by atoms with van der Waals surface area (Å²) < 4.78 is 21.3. The maximum absolute atomic E-state index is 5.52. The van der Waals surface area contributed by atoms with E-state index < -0.39 is 0 Å². The molecule has 12 heavy (non-hydrogen) atoms. The molecule has 4 nitrogen and oxygen atoms in total. The topological polar surface area (TPSA) is 40.2 Å². The molecule has 0 bridgehead atoms. The number of ether oxygens (including phenoxy) is 4. The second kappa shape index (κ2) is 2.96. The largest absolute Gasteiger partial charge is 0.373 e. The van der Waals surface area contributed by atoms with Crippen LogP contribution in [0.2, 0.25) is 0 Å². The van der Waals surface area contributed by atoms with Gasteiger partial charge in [-0.15, -0.1) is 0 Å². The molecule has 0 aromatic heterocycles. The molecule has 0 aromatic carbocycles. The summed E-state index contributed by atoms with van der Waals surface area (Å²) in [6, 6.07) is 0. The third-order valence-corrected chi connectivity index (χ3v) is 2.47. The summed E-state index contributed by atoms with van der Waals surface area (Å²) in [6.07, 6.45) is 0.140. The van der Waals surface area contributed by atoms with Crippen molar-refractivity contribution < 1.29 is 18.9 Å². The molecule has 5 atom stereocenters. The van der Waals surface area contributed by atoms with Gasteiger partial charge >= 0.3 is 0 Å². The molecule has 0 N–H and O–H groups in total. The number of epoxide rings is 1. The lowest BCUT2D eigenvalue weighted by molar-refractivity contribution is -0.220. The van der Waals surface area contributed by atoms with Gasteiger partial charge < -0.3 is 18.9 Å². The Morgan fingerprint density at radius 1 is 1.00 bits per heavy atom. The summed E-state index contributed by atoms with van der Waals surface area (Å²) in [5.74, 6) is 0. The van der Waals surface area contributed by atoms with Gasteiger partial charge in [0.2, 0.25) is 0 Å². The molecule has 2 heterocycles. The monoisotopic (exact) mass is 174 g/mol. The lowest BCUT2D eigenvalue weighted by atomic mass is 10.1. The summed E-state index contributed by atoms with van der Waals surface area (Å²) in [6.45, 7) is 1.99. The Balaban J connectivity index is 2.03. The Morgan fingerprint density at radius 2 is 1.75 bits per heavy atom. The zero-order valence-corrected chi connectivity index (χ0v) is 7.52. The van der Waals surface area contributed by atoms with Gasteiger partial charge in [-0.2, -0.15) is 0 Å². The SMILES string of the molecule is CO[C@@H]1O[C@@H](C)[C@H]2O[C@H]2[C@H]1OC. The molecule has 0 radical (unpaired) electrons. The minimum absolute atomic E-state index is 0.0730. The molecule has 2 rings (SSSR count). The minimum Gasteiger partial charge on any atom is -0.373 e. The van der Waals surface area contributed by atoms with Crippen LogP contribution in [0.5, 0.6) is 0 Å². The van der Waals surface area contributed by atoms with Crippen LogP contribution in [0, 0.1) is 0 Å². The van der Waals surface area contributed by atoms with Crippen LogP contribution in [0.25, 0.3) is 0 Å². The predicted octanol–water partition coefficient (Wildman–Crippen LogP) is 0.160. The second-order valence-corrected chi connectivity index (χ2v) is 3.21. The zero-order chi connectivity index (χ0) is 8.72. The molecular weight excluding hydrogens is 160 g/mol.